The molecule has 0 heterocycles. The summed E-state index contributed by atoms with van der Waals surface area (Å²) in [5.74, 6) is 0.189. The van der Waals surface area contributed by atoms with Gasteiger partial charge in [0.15, 0.2) is 0 Å². The molecular formula is C14H22N2O2S. The normalized spacial score (nSPS) is 15.9. The van der Waals surface area contributed by atoms with Crippen molar-refractivity contribution in [1.29, 1.82) is 0 Å². The van der Waals surface area contributed by atoms with Crippen LogP contribution in [0.5, 0.6) is 0 Å². The Labute approximate surface area is 115 Å². The topological polar surface area (TPSA) is 49.4 Å². The summed E-state index contributed by atoms with van der Waals surface area (Å²) in [6.07, 6.45) is 3.13. The van der Waals surface area contributed by atoms with E-state index in [1.54, 1.807) is 7.05 Å². The van der Waals surface area contributed by atoms with E-state index in [0.29, 0.717) is 19.1 Å². The molecule has 106 valence electrons. The standard InChI is InChI=1S/C14H22N2O2S/c1-16(11-9-13-5-3-2-4-6-13)19(17,18)12-10-15-14-7-8-14/h2-6,14-15H,7-12H2,1H3. The molecule has 1 aromatic rings. The minimum absolute atomic E-state index is 0.189. The molecule has 0 aromatic heterocycles. The monoisotopic (exact) mass is 282 g/mol. The fraction of sp³-hybridized carbons (Fsp3) is 0.571. The van der Waals surface area contributed by atoms with Crippen LogP contribution in [-0.4, -0.2) is 44.7 Å². The third-order valence-corrected chi connectivity index (χ3v) is 5.26. The van der Waals surface area contributed by atoms with Crippen LogP contribution in [0.15, 0.2) is 30.3 Å². The van der Waals surface area contributed by atoms with E-state index in [-0.39, 0.29) is 5.75 Å². The van der Waals surface area contributed by atoms with Crippen molar-refractivity contribution in [1.82, 2.24) is 9.62 Å². The number of nitrogens with one attached hydrogen (secondary N) is 1. The Balaban J connectivity index is 1.75. The zero-order valence-corrected chi connectivity index (χ0v) is 12.2. The summed E-state index contributed by atoms with van der Waals surface area (Å²) in [5.41, 5.74) is 1.17. The zero-order valence-electron chi connectivity index (χ0n) is 11.4. The quantitative estimate of drug-likeness (QED) is 0.780. The largest absolute Gasteiger partial charge is 0.313 e. The molecule has 1 fully saturated rings. The second-order valence-corrected chi connectivity index (χ2v) is 7.30. The van der Waals surface area contributed by atoms with Crippen LogP contribution in [0.2, 0.25) is 0 Å². The molecular weight excluding hydrogens is 260 g/mol. The highest BCUT2D eigenvalue weighted by molar-refractivity contribution is 7.89. The van der Waals surface area contributed by atoms with Gasteiger partial charge in [0.05, 0.1) is 5.75 Å². The Bertz CT molecular complexity index is 483. The van der Waals surface area contributed by atoms with E-state index in [4.69, 9.17) is 0 Å². The molecule has 1 aromatic carbocycles. The molecule has 0 spiro atoms. The molecule has 19 heavy (non-hydrogen) atoms. The zero-order chi connectivity index (χ0) is 13.7. The summed E-state index contributed by atoms with van der Waals surface area (Å²) in [7, 11) is -1.47. The van der Waals surface area contributed by atoms with Crippen LogP contribution in [-0.2, 0) is 16.4 Å². The van der Waals surface area contributed by atoms with Crippen LogP contribution in [0, 0.1) is 0 Å². The lowest BCUT2D eigenvalue weighted by atomic mass is 10.2. The lowest BCUT2D eigenvalue weighted by Crippen LogP contribution is -2.35. The minimum atomic E-state index is -3.13. The smallest absolute Gasteiger partial charge is 0.215 e. The molecule has 0 unspecified atom stereocenters. The molecule has 0 bridgehead atoms. The second-order valence-electron chi connectivity index (χ2n) is 5.10. The van der Waals surface area contributed by atoms with Gasteiger partial charge in [0, 0.05) is 26.2 Å². The highest BCUT2D eigenvalue weighted by Crippen LogP contribution is 2.18. The van der Waals surface area contributed by atoms with E-state index in [9.17, 15) is 8.42 Å². The minimum Gasteiger partial charge on any atom is -0.313 e. The van der Waals surface area contributed by atoms with Crippen molar-refractivity contribution in [3.8, 4) is 0 Å². The van der Waals surface area contributed by atoms with Crippen molar-refractivity contribution >= 4 is 10.0 Å². The van der Waals surface area contributed by atoms with Gasteiger partial charge in [0.1, 0.15) is 0 Å². The lowest BCUT2D eigenvalue weighted by Gasteiger charge is -2.17. The average Bonchev–Trinajstić information content (AvgIpc) is 3.21. The first-order chi connectivity index (χ1) is 9.08. The molecule has 4 nitrogen and oxygen atoms in total. The molecule has 1 aliphatic rings. The first-order valence-corrected chi connectivity index (χ1v) is 8.40. The molecule has 5 heteroatoms. The summed E-state index contributed by atoms with van der Waals surface area (Å²) in [4.78, 5) is 0. The van der Waals surface area contributed by atoms with Gasteiger partial charge in [-0.25, -0.2) is 12.7 Å². The van der Waals surface area contributed by atoms with Gasteiger partial charge in [-0.2, -0.15) is 0 Å². The maximum atomic E-state index is 12.0. The third kappa shape index (κ3) is 4.93. The lowest BCUT2D eigenvalue weighted by molar-refractivity contribution is 0.470. The van der Waals surface area contributed by atoms with E-state index in [2.05, 4.69) is 5.32 Å². The van der Waals surface area contributed by atoms with Crippen LogP contribution in [0.1, 0.15) is 18.4 Å². The van der Waals surface area contributed by atoms with E-state index >= 15 is 0 Å². The molecule has 0 amide bonds. The number of nitrogens with zero attached hydrogens (tertiary/aromatic N) is 1. The van der Waals surface area contributed by atoms with Gasteiger partial charge in [-0.05, 0) is 24.8 Å². The molecule has 1 aliphatic carbocycles. The number of sulfonamides is 1. The average molecular weight is 282 g/mol. The van der Waals surface area contributed by atoms with Crippen LogP contribution >= 0.6 is 0 Å². The Morgan fingerprint density at radius 1 is 1.26 bits per heavy atom. The van der Waals surface area contributed by atoms with E-state index in [0.717, 1.165) is 6.42 Å². The van der Waals surface area contributed by atoms with Crippen molar-refractivity contribution in [2.75, 3.05) is 25.9 Å². The van der Waals surface area contributed by atoms with Gasteiger partial charge in [-0.15, -0.1) is 0 Å². The molecule has 0 atom stereocenters. The Kier molecular flexibility index (Phi) is 4.96. The highest BCUT2D eigenvalue weighted by atomic mass is 32.2. The molecule has 1 saturated carbocycles. The van der Waals surface area contributed by atoms with Gasteiger partial charge in [-0.3, -0.25) is 0 Å². The maximum Gasteiger partial charge on any atom is 0.215 e. The van der Waals surface area contributed by atoms with Gasteiger partial charge in [0.25, 0.3) is 0 Å². The first-order valence-electron chi connectivity index (χ1n) is 6.79. The van der Waals surface area contributed by atoms with Crippen molar-refractivity contribution in [3.05, 3.63) is 35.9 Å². The predicted octanol–water partition coefficient (Wildman–Crippen LogP) is 1.24. The fourth-order valence-corrected chi connectivity index (χ4v) is 2.96. The van der Waals surface area contributed by atoms with Crippen LogP contribution < -0.4 is 5.32 Å². The summed E-state index contributed by atoms with van der Waals surface area (Å²) in [6.45, 7) is 1.10. The van der Waals surface area contributed by atoms with Crippen molar-refractivity contribution in [3.63, 3.8) is 0 Å². The van der Waals surface area contributed by atoms with Crippen molar-refractivity contribution in [2.45, 2.75) is 25.3 Å². The number of benzene rings is 1. The number of hydrogen-bond donors (Lipinski definition) is 1. The van der Waals surface area contributed by atoms with Gasteiger partial charge in [-0.1, -0.05) is 30.3 Å². The molecule has 0 aliphatic heterocycles. The SMILES string of the molecule is CN(CCc1ccccc1)S(=O)(=O)CCNC1CC1. The summed E-state index contributed by atoms with van der Waals surface area (Å²) < 4.78 is 25.5. The summed E-state index contributed by atoms with van der Waals surface area (Å²) in [6, 6.07) is 10.5. The summed E-state index contributed by atoms with van der Waals surface area (Å²) in [5, 5.41) is 3.24. The van der Waals surface area contributed by atoms with E-state index < -0.39 is 10.0 Å². The van der Waals surface area contributed by atoms with Gasteiger partial charge < -0.3 is 5.32 Å². The Morgan fingerprint density at radius 2 is 1.95 bits per heavy atom. The van der Waals surface area contributed by atoms with Gasteiger partial charge >= 0.3 is 0 Å². The summed E-state index contributed by atoms with van der Waals surface area (Å²) >= 11 is 0. The van der Waals surface area contributed by atoms with Gasteiger partial charge in [0.2, 0.25) is 10.0 Å². The number of likely N-dealkylation sites (N-methyl/N-ethyl adjacent to an activating group) is 1. The highest BCUT2D eigenvalue weighted by Gasteiger charge is 2.22. The first kappa shape index (κ1) is 14.5. The maximum absolute atomic E-state index is 12.0. The Hall–Kier alpha value is -0.910. The van der Waals surface area contributed by atoms with Crippen molar-refractivity contribution < 1.29 is 8.42 Å². The number of rotatable bonds is 8. The molecule has 0 saturated heterocycles. The Morgan fingerprint density at radius 3 is 2.58 bits per heavy atom. The number of hydrogen-bond acceptors (Lipinski definition) is 3. The van der Waals surface area contributed by atoms with Crippen molar-refractivity contribution in [2.24, 2.45) is 0 Å². The molecule has 2 rings (SSSR count). The third-order valence-electron chi connectivity index (χ3n) is 3.40. The van der Waals surface area contributed by atoms with Crippen LogP contribution in [0.25, 0.3) is 0 Å². The second kappa shape index (κ2) is 6.50. The van der Waals surface area contributed by atoms with Crippen LogP contribution in [0.3, 0.4) is 0 Å². The molecule has 1 N–H and O–H groups in total. The van der Waals surface area contributed by atoms with E-state index in [1.807, 2.05) is 30.3 Å². The molecule has 0 radical (unpaired) electrons. The van der Waals surface area contributed by atoms with Crippen LogP contribution in [0.4, 0.5) is 0 Å². The fourth-order valence-electron chi connectivity index (χ4n) is 1.91. The van der Waals surface area contributed by atoms with E-state index in [1.165, 1.54) is 22.7 Å². The predicted molar refractivity (Wildman–Crippen MR) is 77.6 cm³/mol.